The SMILES string of the molecule is Cc1cc(=O)c(C(=O)NC(C)CC(=O)O)nn1-c1ccccc1[N+](=O)[O-]. The minimum absolute atomic E-state index is 0.0997. The highest BCUT2D eigenvalue weighted by Gasteiger charge is 2.21. The highest BCUT2D eigenvalue weighted by molar-refractivity contribution is 5.92. The number of carboxylic acid groups (broad SMARTS) is 1. The Morgan fingerprint density at radius 1 is 1.38 bits per heavy atom. The Morgan fingerprint density at radius 3 is 2.65 bits per heavy atom. The second-order valence-corrected chi connectivity index (χ2v) is 5.63. The molecule has 0 spiro atoms. The number of carbonyl (C=O) groups is 2. The van der Waals surface area contributed by atoms with Gasteiger partial charge in [0, 0.05) is 23.9 Å². The predicted molar refractivity (Wildman–Crippen MR) is 90.4 cm³/mol. The molecule has 2 aromatic rings. The number of nitro benzene ring substituents is 1. The first kappa shape index (κ1) is 18.8. The van der Waals surface area contributed by atoms with Crippen LogP contribution in [0.4, 0.5) is 5.69 Å². The molecule has 1 aromatic carbocycles. The van der Waals surface area contributed by atoms with Crippen molar-refractivity contribution in [2.24, 2.45) is 0 Å². The van der Waals surface area contributed by atoms with Gasteiger partial charge in [0.05, 0.1) is 11.3 Å². The number of hydrogen-bond acceptors (Lipinski definition) is 6. The van der Waals surface area contributed by atoms with E-state index in [1.165, 1.54) is 32.0 Å². The Balaban J connectivity index is 2.48. The van der Waals surface area contributed by atoms with Crippen LogP contribution in [0.5, 0.6) is 0 Å². The van der Waals surface area contributed by atoms with Gasteiger partial charge in [-0.3, -0.25) is 24.5 Å². The third-order valence-corrected chi connectivity index (χ3v) is 3.49. The summed E-state index contributed by atoms with van der Waals surface area (Å²) in [5.41, 5.74) is -0.984. The van der Waals surface area contributed by atoms with Gasteiger partial charge in [-0.2, -0.15) is 5.10 Å². The second-order valence-electron chi connectivity index (χ2n) is 5.63. The molecule has 1 heterocycles. The summed E-state index contributed by atoms with van der Waals surface area (Å²) in [7, 11) is 0. The topological polar surface area (TPSA) is 144 Å². The Bertz CT molecular complexity index is 937. The maximum Gasteiger partial charge on any atom is 0.305 e. The molecule has 0 saturated carbocycles. The zero-order valence-electron chi connectivity index (χ0n) is 14.0. The van der Waals surface area contributed by atoms with E-state index in [1.54, 1.807) is 6.07 Å². The van der Waals surface area contributed by atoms with Crippen molar-refractivity contribution in [1.82, 2.24) is 15.1 Å². The monoisotopic (exact) mass is 360 g/mol. The fourth-order valence-corrected chi connectivity index (χ4v) is 2.35. The Hall–Kier alpha value is -3.56. The molecule has 1 unspecified atom stereocenters. The summed E-state index contributed by atoms with van der Waals surface area (Å²) in [6.07, 6.45) is -0.323. The number of nitrogens with zero attached hydrogens (tertiary/aromatic N) is 3. The van der Waals surface area contributed by atoms with Crippen LogP contribution in [0, 0.1) is 17.0 Å². The van der Waals surface area contributed by atoms with Crippen molar-refractivity contribution >= 4 is 17.6 Å². The Labute approximate surface area is 147 Å². The van der Waals surface area contributed by atoms with Crippen LogP contribution in [0.15, 0.2) is 35.1 Å². The first-order valence-corrected chi connectivity index (χ1v) is 7.58. The quantitative estimate of drug-likeness (QED) is 0.578. The normalized spacial score (nSPS) is 11.6. The number of aliphatic carboxylic acids is 1. The van der Waals surface area contributed by atoms with E-state index in [9.17, 15) is 24.5 Å². The molecule has 0 saturated heterocycles. The molecule has 10 heteroatoms. The molecule has 0 bridgehead atoms. The molecule has 26 heavy (non-hydrogen) atoms. The number of para-hydroxylation sites is 2. The Kier molecular flexibility index (Phi) is 5.45. The molecule has 2 rings (SSSR count). The first-order chi connectivity index (χ1) is 12.2. The van der Waals surface area contributed by atoms with Crippen LogP contribution in [0.25, 0.3) is 5.69 Å². The highest BCUT2D eigenvalue weighted by atomic mass is 16.6. The number of nitro groups is 1. The van der Waals surface area contributed by atoms with Crippen molar-refractivity contribution in [1.29, 1.82) is 0 Å². The molecular weight excluding hydrogens is 344 g/mol. The van der Waals surface area contributed by atoms with Crippen molar-refractivity contribution in [2.75, 3.05) is 0 Å². The zero-order chi connectivity index (χ0) is 19.4. The number of nitrogens with one attached hydrogen (secondary N) is 1. The molecule has 1 amide bonds. The lowest BCUT2D eigenvalue weighted by atomic mass is 10.2. The van der Waals surface area contributed by atoms with Crippen molar-refractivity contribution in [3.05, 3.63) is 62.1 Å². The fraction of sp³-hybridized carbons (Fsp3) is 0.250. The number of rotatable bonds is 6. The van der Waals surface area contributed by atoms with Crippen LogP contribution in [0.2, 0.25) is 0 Å². The van der Waals surface area contributed by atoms with Gasteiger partial charge in [0.1, 0.15) is 5.69 Å². The molecule has 0 aliphatic heterocycles. The molecular formula is C16H16N4O6. The van der Waals surface area contributed by atoms with Gasteiger partial charge in [-0.15, -0.1) is 0 Å². The van der Waals surface area contributed by atoms with Gasteiger partial charge < -0.3 is 10.4 Å². The van der Waals surface area contributed by atoms with E-state index < -0.39 is 34.0 Å². The van der Waals surface area contributed by atoms with E-state index in [1.807, 2.05) is 0 Å². The van der Waals surface area contributed by atoms with Gasteiger partial charge in [-0.1, -0.05) is 12.1 Å². The van der Waals surface area contributed by atoms with E-state index in [0.29, 0.717) is 5.69 Å². The summed E-state index contributed by atoms with van der Waals surface area (Å²) in [4.78, 5) is 45.7. The van der Waals surface area contributed by atoms with Gasteiger partial charge in [0.2, 0.25) is 5.43 Å². The molecule has 0 radical (unpaired) electrons. The number of aromatic nitrogens is 2. The van der Waals surface area contributed by atoms with Crippen molar-refractivity contribution < 1.29 is 19.6 Å². The average Bonchev–Trinajstić information content (AvgIpc) is 2.53. The number of carboxylic acids is 1. The summed E-state index contributed by atoms with van der Waals surface area (Å²) in [5, 5.41) is 26.3. The summed E-state index contributed by atoms with van der Waals surface area (Å²) in [5.74, 6) is -1.96. The predicted octanol–water partition coefficient (Wildman–Crippen LogP) is 1.04. The summed E-state index contributed by atoms with van der Waals surface area (Å²) in [6, 6.07) is 6.19. The van der Waals surface area contributed by atoms with E-state index in [-0.39, 0.29) is 17.8 Å². The molecule has 0 aliphatic carbocycles. The van der Waals surface area contributed by atoms with E-state index in [4.69, 9.17) is 5.11 Å². The van der Waals surface area contributed by atoms with E-state index in [0.717, 1.165) is 10.7 Å². The third-order valence-electron chi connectivity index (χ3n) is 3.49. The lowest BCUT2D eigenvalue weighted by molar-refractivity contribution is -0.384. The van der Waals surface area contributed by atoms with Crippen LogP contribution < -0.4 is 10.7 Å². The minimum atomic E-state index is -1.10. The molecule has 10 nitrogen and oxygen atoms in total. The highest BCUT2D eigenvalue weighted by Crippen LogP contribution is 2.22. The summed E-state index contributed by atoms with van der Waals surface area (Å²) in [6.45, 7) is 3.00. The Morgan fingerprint density at radius 2 is 2.04 bits per heavy atom. The number of carbonyl (C=O) groups excluding carboxylic acids is 1. The molecule has 1 aromatic heterocycles. The molecule has 0 aliphatic rings. The lowest BCUT2D eigenvalue weighted by Gasteiger charge is -2.13. The second kappa shape index (κ2) is 7.55. The largest absolute Gasteiger partial charge is 0.481 e. The fourth-order valence-electron chi connectivity index (χ4n) is 2.35. The van der Waals surface area contributed by atoms with Crippen LogP contribution in [0.1, 0.15) is 29.5 Å². The molecule has 1 atom stereocenters. The standard InChI is InChI=1S/C16H16N4O6/c1-9(7-14(22)23)17-16(24)15-13(21)8-10(2)19(18-15)11-5-3-4-6-12(11)20(25)26/h3-6,8-9H,7H2,1-2H3,(H,17,24)(H,22,23). The van der Waals surface area contributed by atoms with E-state index >= 15 is 0 Å². The van der Waals surface area contributed by atoms with Gasteiger partial charge in [-0.25, -0.2) is 4.68 Å². The van der Waals surface area contributed by atoms with Crippen molar-refractivity contribution in [2.45, 2.75) is 26.3 Å². The average molecular weight is 360 g/mol. The summed E-state index contributed by atoms with van der Waals surface area (Å²) >= 11 is 0. The van der Waals surface area contributed by atoms with Gasteiger partial charge in [-0.05, 0) is 19.9 Å². The lowest BCUT2D eigenvalue weighted by Crippen LogP contribution is -2.38. The zero-order valence-corrected chi connectivity index (χ0v) is 14.0. The van der Waals surface area contributed by atoms with Gasteiger partial charge >= 0.3 is 5.97 Å². The molecule has 136 valence electrons. The van der Waals surface area contributed by atoms with Crippen LogP contribution in [-0.2, 0) is 4.79 Å². The first-order valence-electron chi connectivity index (χ1n) is 7.58. The number of benzene rings is 1. The van der Waals surface area contributed by atoms with Crippen molar-refractivity contribution in [3.63, 3.8) is 0 Å². The van der Waals surface area contributed by atoms with Crippen LogP contribution >= 0.6 is 0 Å². The smallest absolute Gasteiger partial charge is 0.305 e. The van der Waals surface area contributed by atoms with Gasteiger partial charge in [0.25, 0.3) is 11.6 Å². The molecule has 0 fully saturated rings. The number of aryl methyl sites for hydroxylation is 1. The number of hydrogen-bond donors (Lipinski definition) is 2. The van der Waals surface area contributed by atoms with Gasteiger partial charge in [0.15, 0.2) is 5.69 Å². The third kappa shape index (κ3) is 4.09. The van der Waals surface area contributed by atoms with Crippen LogP contribution in [0.3, 0.4) is 0 Å². The van der Waals surface area contributed by atoms with Crippen molar-refractivity contribution in [3.8, 4) is 5.69 Å². The van der Waals surface area contributed by atoms with E-state index in [2.05, 4.69) is 10.4 Å². The number of amides is 1. The maximum absolute atomic E-state index is 12.3. The minimum Gasteiger partial charge on any atom is -0.481 e. The molecule has 2 N–H and O–H groups in total. The summed E-state index contributed by atoms with van der Waals surface area (Å²) < 4.78 is 1.14. The maximum atomic E-state index is 12.3. The van der Waals surface area contributed by atoms with Crippen LogP contribution in [-0.4, -0.2) is 37.7 Å².